The molecule has 1 fully saturated rings. The van der Waals surface area contributed by atoms with Gasteiger partial charge >= 0.3 is 0 Å². The molecule has 0 radical (unpaired) electrons. The Bertz CT molecular complexity index is 492. The van der Waals surface area contributed by atoms with E-state index in [1.807, 2.05) is 13.8 Å². The van der Waals surface area contributed by atoms with Crippen molar-refractivity contribution in [2.24, 2.45) is 0 Å². The predicted molar refractivity (Wildman–Crippen MR) is 117 cm³/mol. The molecule has 0 aliphatic carbocycles. The number of alkyl halides is 1. The summed E-state index contributed by atoms with van der Waals surface area (Å²) in [6.07, 6.45) is 6.32. The zero-order valence-electron chi connectivity index (χ0n) is 17.9. The fourth-order valence-corrected chi connectivity index (χ4v) is 3.95. The molecule has 1 aliphatic rings. The lowest BCUT2D eigenvalue weighted by atomic mass is 10.1. The number of unbranched alkanes of at least 4 members (excludes halogenated alkanes) is 1. The predicted octanol–water partition coefficient (Wildman–Crippen LogP) is 3.83. The molecule has 3 atom stereocenters. The van der Waals surface area contributed by atoms with Crippen LogP contribution in [0.15, 0.2) is 24.4 Å². The van der Waals surface area contributed by atoms with Gasteiger partial charge in [0.25, 0.3) is 0 Å². The minimum absolute atomic E-state index is 0.00229. The Balaban J connectivity index is 2.59. The van der Waals surface area contributed by atoms with E-state index >= 15 is 0 Å². The number of amides is 1. The third-order valence-corrected chi connectivity index (χ3v) is 5.26. The molecule has 0 aromatic rings. The number of carbonyl (C=O) groups is 1. The standard InChI is InChI=1S/C21H38FN3O2S/c1-6-9-19(24-21(26)10-7-8-13-23-28-16(2)3)20(11-12-22)25-14-17(4)27-18(5)15-25/h6,11,16-19,23H,1,7-10,12-15H2,2-5H3,(H,24,26)/b20-11+. The molecule has 1 saturated heterocycles. The number of rotatable bonds is 13. The fraction of sp³-hybridized carbons (Fsp3) is 0.762. The second kappa shape index (κ2) is 14.0. The molecule has 1 heterocycles. The van der Waals surface area contributed by atoms with Gasteiger partial charge in [-0.3, -0.25) is 9.52 Å². The summed E-state index contributed by atoms with van der Waals surface area (Å²) in [5.41, 5.74) is 0.827. The molecule has 0 aromatic carbocycles. The maximum Gasteiger partial charge on any atom is 0.220 e. The zero-order chi connectivity index (χ0) is 20.9. The quantitative estimate of drug-likeness (QED) is 0.272. The molecule has 7 heteroatoms. The molecule has 1 amide bonds. The molecule has 0 aromatic heterocycles. The van der Waals surface area contributed by atoms with Crippen LogP contribution in [-0.2, 0) is 9.53 Å². The highest BCUT2D eigenvalue weighted by molar-refractivity contribution is 7.97. The van der Waals surface area contributed by atoms with E-state index in [-0.39, 0.29) is 24.2 Å². The summed E-state index contributed by atoms with van der Waals surface area (Å²) in [6, 6.07) is -0.257. The third kappa shape index (κ3) is 9.94. The van der Waals surface area contributed by atoms with Crippen LogP contribution >= 0.6 is 11.9 Å². The molecule has 5 nitrogen and oxygen atoms in total. The van der Waals surface area contributed by atoms with Crippen molar-refractivity contribution in [1.29, 1.82) is 0 Å². The van der Waals surface area contributed by atoms with Crippen LogP contribution in [0.2, 0.25) is 0 Å². The first-order valence-corrected chi connectivity index (χ1v) is 11.2. The van der Waals surface area contributed by atoms with E-state index < -0.39 is 6.67 Å². The second-order valence-electron chi connectivity index (χ2n) is 7.61. The van der Waals surface area contributed by atoms with E-state index in [1.165, 1.54) is 0 Å². The lowest BCUT2D eigenvalue weighted by molar-refractivity contribution is -0.121. The highest BCUT2D eigenvalue weighted by atomic mass is 32.2. The van der Waals surface area contributed by atoms with Crippen LogP contribution in [0.5, 0.6) is 0 Å². The highest BCUT2D eigenvalue weighted by Crippen LogP contribution is 2.20. The Labute approximate surface area is 174 Å². The summed E-state index contributed by atoms with van der Waals surface area (Å²) in [4.78, 5) is 14.6. The van der Waals surface area contributed by atoms with Crippen LogP contribution in [0.3, 0.4) is 0 Å². The Kier molecular flexibility index (Phi) is 12.5. The first kappa shape index (κ1) is 25.0. The minimum atomic E-state index is -0.557. The molecule has 28 heavy (non-hydrogen) atoms. The SMILES string of the molecule is C=CCC(NC(=O)CCCCNSC(C)C)/C(=C\CF)N1CC(C)OC(C)C1. The van der Waals surface area contributed by atoms with Gasteiger partial charge in [-0.2, -0.15) is 0 Å². The van der Waals surface area contributed by atoms with Gasteiger partial charge < -0.3 is 15.0 Å². The zero-order valence-corrected chi connectivity index (χ0v) is 18.7. The van der Waals surface area contributed by atoms with Crippen molar-refractivity contribution < 1.29 is 13.9 Å². The van der Waals surface area contributed by atoms with Crippen LogP contribution in [0.4, 0.5) is 4.39 Å². The Morgan fingerprint density at radius 1 is 1.32 bits per heavy atom. The first-order valence-electron chi connectivity index (χ1n) is 10.3. The lowest BCUT2D eigenvalue weighted by Gasteiger charge is -2.40. The third-order valence-electron chi connectivity index (χ3n) is 4.42. The number of hydrogen-bond acceptors (Lipinski definition) is 5. The molecule has 1 rings (SSSR count). The number of carbonyl (C=O) groups excluding carboxylic acids is 1. The average molecular weight is 416 g/mol. The summed E-state index contributed by atoms with van der Waals surface area (Å²) in [5, 5.41) is 3.64. The van der Waals surface area contributed by atoms with Gasteiger partial charge in [0.2, 0.25) is 5.91 Å². The Morgan fingerprint density at radius 3 is 2.57 bits per heavy atom. The minimum Gasteiger partial charge on any atom is -0.372 e. The van der Waals surface area contributed by atoms with Crippen molar-refractivity contribution in [1.82, 2.24) is 14.9 Å². The maximum absolute atomic E-state index is 13.2. The van der Waals surface area contributed by atoms with Gasteiger partial charge in [0.1, 0.15) is 6.67 Å². The van der Waals surface area contributed by atoms with Crippen molar-refractivity contribution in [3.05, 3.63) is 24.4 Å². The molecule has 162 valence electrons. The average Bonchev–Trinajstić information content (AvgIpc) is 2.61. The van der Waals surface area contributed by atoms with Crippen LogP contribution in [0, 0.1) is 0 Å². The van der Waals surface area contributed by atoms with Crippen molar-refractivity contribution in [3.63, 3.8) is 0 Å². The molecule has 3 unspecified atom stereocenters. The number of hydrogen-bond donors (Lipinski definition) is 2. The number of halogens is 1. The molecular formula is C21H38FN3O2S. The van der Waals surface area contributed by atoms with Gasteiger partial charge in [0, 0.05) is 37.0 Å². The number of morpholine rings is 1. The number of allylic oxidation sites excluding steroid dienone is 1. The lowest BCUT2D eigenvalue weighted by Crippen LogP contribution is -2.50. The van der Waals surface area contributed by atoms with Crippen LogP contribution < -0.4 is 10.0 Å². The maximum atomic E-state index is 13.2. The molecular weight excluding hydrogens is 377 g/mol. The largest absolute Gasteiger partial charge is 0.372 e. The molecule has 2 N–H and O–H groups in total. The number of ether oxygens (including phenoxy) is 1. The van der Waals surface area contributed by atoms with Gasteiger partial charge in [-0.15, -0.1) is 6.58 Å². The summed E-state index contributed by atoms with van der Waals surface area (Å²) in [6.45, 7) is 13.8. The number of nitrogens with one attached hydrogen (secondary N) is 2. The normalized spacial score (nSPS) is 21.6. The van der Waals surface area contributed by atoms with E-state index in [1.54, 1.807) is 24.1 Å². The van der Waals surface area contributed by atoms with Gasteiger partial charge in [-0.25, -0.2) is 4.39 Å². The topological polar surface area (TPSA) is 53.6 Å². The molecule has 0 bridgehead atoms. The van der Waals surface area contributed by atoms with Crippen molar-refractivity contribution in [2.75, 3.05) is 26.3 Å². The fourth-order valence-electron chi connectivity index (χ4n) is 3.35. The van der Waals surface area contributed by atoms with Crippen molar-refractivity contribution in [3.8, 4) is 0 Å². The Hall–Kier alpha value is -1.05. The summed E-state index contributed by atoms with van der Waals surface area (Å²) < 4.78 is 22.3. The van der Waals surface area contributed by atoms with Gasteiger partial charge in [-0.1, -0.05) is 31.9 Å². The van der Waals surface area contributed by atoms with Gasteiger partial charge in [-0.05, 0) is 39.2 Å². The summed E-state index contributed by atoms with van der Waals surface area (Å²) in [5.74, 6) is 0.00229. The van der Waals surface area contributed by atoms with Crippen LogP contribution in [0.1, 0.15) is 53.4 Å². The molecule has 1 aliphatic heterocycles. The molecule has 0 spiro atoms. The highest BCUT2D eigenvalue weighted by Gasteiger charge is 2.28. The summed E-state index contributed by atoms with van der Waals surface area (Å²) in [7, 11) is 0. The van der Waals surface area contributed by atoms with Gasteiger partial charge in [0.05, 0.1) is 18.2 Å². The second-order valence-corrected chi connectivity index (χ2v) is 9.08. The van der Waals surface area contributed by atoms with E-state index in [0.717, 1.165) is 25.1 Å². The van der Waals surface area contributed by atoms with E-state index in [4.69, 9.17) is 4.74 Å². The summed E-state index contributed by atoms with van der Waals surface area (Å²) >= 11 is 1.71. The van der Waals surface area contributed by atoms with Crippen LogP contribution in [-0.4, -0.2) is 60.6 Å². The van der Waals surface area contributed by atoms with E-state index in [0.29, 0.717) is 31.2 Å². The van der Waals surface area contributed by atoms with Crippen molar-refractivity contribution >= 4 is 17.9 Å². The van der Waals surface area contributed by atoms with Crippen LogP contribution in [0.25, 0.3) is 0 Å². The smallest absolute Gasteiger partial charge is 0.220 e. The van der Waals surface area contributed by atoms with E-state index in [2.05, 4.69) is 35.4 Å². The number of nitrogens with zero attached hydrogens (tertiary/aromatic N) is 1. The van der Waals surface area contributed by atoms with E-state index in [9.17, 15) is 9.18 Å². The monoisotopic (exact) mass is 415 g/mol. The van der Waals surface area contributed by atoms with Crippen molar-refractivity contribution in [2.45, 2.75) is 76.9 Å². The Morgan fingerprint density at radius 2 is 2.00 bits per heavy atom. The van der Waals surface area contributed by atoms with Gasteiger partial charge in [0.15, 0.2) is 0 Å². The first-order chi connectivity index (χ1) is 13.4. The molecule has 0 saturated carbocycles.